The molecule has 1 aliphatic rings. The number of benzene rings is 1. The zero-order chi connectivity index (χ0) is 13.3. The molecule has 3 unspecified atom stereocenters. The van der Waals surface area contributed by atoms with Gasteiger partial charge in [0.05, 0.1) is 14.2 Å². The van der Waals surface area contributed by atoms with Crippen molar-refractivity contribution in [2.24, 2.45) is 11.8 Å². The minimum absolute atomic E-state index is 0.285. The lowest BCUT2D eigenvalue weighted by Crippen LogP contribution is -2.19. The lowest BCUT2D eigenvalue weighted by atomic mass is 10.0. The number of hydrogen-bond acceptors (Lipinski definition) is 3. The summed E-state index contributed by atoms with van der Waals surface area (Å²) < 4.78 is 10.6. The van der Waals surface area contributed by atoms with Gasteiger partial charge in [-0.3, -0.25) is 0 Å². The molecule has 3 nitrogen and oxygen atoms in total. The van der Waals surface area contributed by atoms with Crippen molar-refractivity contribution in [2.45, 2.75) is 19.4 Å². The van der Waals surface area contributed by atoms with Gasteiger partial charge in [0.1, 0.15) is 0 Å². The third kappa shape index (κ3) is 2.43. The van der Waals surface area contributed by atoms with Gasteiger partial charge in [-0.15, -0.1) is 0 Å². The van der Waals surface area contributed by atoms with Crippen LogP contribution in [0.2, 0.25) is 5.02 Å². The maximum absolute atomic E-state index is 6.35. The summed E-state index contributed by atoms with van der Waals surface area (Å²) in [5.41, 5.74) is 1.09. The van der Waals surface area contributed by atoms with Gasteiger partial charge in [0, 0.05) is 17.1 Å². The SMILES string of the molecule is CNC(c1cc(OC)c(OC)cc1Cl)C1CC1C. The first-order valence-corrected chi connectivity index (χ1v) is 6.58. The van der Waals surface area contributed by atoms with E-state index in [2.05, 4.69) is 12.2 Å². The summed E-state index contributed by atoms with van der Waals surface area (Å²) in [7, 11) is 5.23. The van der Waals surface area contributed by atoms with Crippen LogP contribution < -0.4 is 14.8 Å². The van der Waals surface area contributed by atoms with Crippen LogP contribution in [0, 0.1) is 11.8 Å². The van der Waals surface area contributed by atoms with Crippen LogP contribution in [0.15, 0.2) is 12.1 Å². The number of rotatable bonds is 5. The Morgan fingerprint density at radius 3 is 2.28 bits per heavy atom. The molecular weight excluding hydrogens is 250 g/mol. The lowest BCUT2D eigenvalue weighted by Gasteiger charge is -2.20. The van der Waals surface area contributed by atoms with E-state index in [0.717, 1.165) is 22.3 Å². The van der Waals surface area contributed by atoms with Gasteiger partial charge < -0.3 is 14.8 Å². The van der Waals surface area contributed by atoms with Crippen LogP contribution in [0.25, 0.3) is 0 Å². The van der Waals surface area contributed by atoms with Crippen molar-refractivity contribution < 1.29 is 9.47 Å². The Bertz CT molecular complexity index is 436. The summed E-state index contributed by atoms with van der Waals surface area (Å²) in [4.78, 5) is 0. The maximum Gasteiger partial charge on any atom is 0.162 e. The summed E-state index contributed by atoms with van der Waals surface area (Å²) in [5.74, 6) is 2.81. The molecule has 0 radical (unpaired) electrons. The molecular formula is C14H20ClNO2. The first-order chi connectivity index (χ1) is 8.62. The Morgan fingerprint density at radius 1 is 1.28 bits per heavy atom. The van der Waals surface area contributed by atoms with Gasteiger partial charge in [-0.2, -0.15) is 0 Å². The van der Waals surface area contributed by atoms with E-state index in [9.17, 15) is 0 Å². The second-order valence-corrected chi connectivity index (χ2v) is 5.28. The van der Waals surface area contributed by atoms with Crippen LogP contribution in [0.3, 0.4) is 0 Å². The molecule has 1 aliphatic carbocycles. The third-order valence-corrected chi connectivity index (χ3v) is 4.08. The van der Waals surface area contributed by atoms with Crippen molar-refractivity contribution in [3.8, 4) is 11.5 Å². The van der Waals surface area contributed by atoms with Crippen molar-refractivity contribution in [3.05, 3.63) is 22.7 Å². The highest BCUT2D eigenvalue weighted by Gasteiger charge is 2.40. The van der Waals surface area contributed by atoms with E-state index >= 15 is 0 Å². The molecule has 0 aromatic heterocycles. The highest BCUT2D eigenvalue weighted by molar-refractivity contribution is 6.31. The smallest absolute Gasteiger partial charge is 0.162 e. The molecule has 1 fully saturated rings. The van der Waals surface area contributed by atoms with E-state index in [1.807, 2.05) is 19.2 Å². The van der Waals surface area contributed by atoms with Gasteiger partial charge in [-0.25, -0.2) is 0 Å². The lowest BCUT2D eigenvalue weighted by molar-refractivity contribution is 0.353. The number of methoxy groups -OCH3 is 2. The largest absolute Gasteiger partial charge is 0.493 e. The standard InChI is InChI=1S/C14H20ClNO2/c1-8-5-9(8)14(16-2)10-6-12(17-3)13(18-4)7-11(10)15/h6-9,14,16H,5H2,1-4H3. The van der Waals surface area contributed by atoms with Gasteiger partial charge in [-0.1, -0.05) is 18.5 Å². The molecule has 18 heavy (non-hydrogen) atoms. The predicted octanol–water partition coefficient (Wildman–Crippen LogP) is 3.27. The molecule has 1 saturated carbocycles. The second-order valence-electron chi connectivity index (χ2n) is 4.87. The van der Waals surface area contributed by atoms with Crippen molar-refractivity contribution in [1.29, 1.82) is 0 Å². The van der Waals surface area contributed by atoms with Gasteiger partial charge >= 0.3 is 0 Å². The van der Waals surface area contributed by atoms with Gasteiger partial charge in [0.2, 0.25) is 0 Å². The molecule has 1 aromatic carbocycles. The molecule has 0 spiro atoms. The van der Waals surface area contributed by atoms with Crippen molar-refractivity contribution >= 4 is 11.6 Å². The Balaban J connectivity index is 2.37. The van der Waals surface area contributed by atoms with Crippen LogP contribution in [-0.4, -0.2) is 21.3 Å². The Labute approximate surface area is 113 Å². The van der Waals surface area contributed by atoms with Crippen LogP contribution in [0.5, 0.6) is 11.5 Å². The third-order valence-electron chi connectivity index (χ3n) is 3.75. The molecule has 0 aliphatic heterocycles. The van der Waals surface area contributed by atoms with Crippen LogP contribution in [-0.2, 0) is 0 Å². The molecule has 1 aromatic rings. The van der Waals surface area contributed by atoms with Crippen LogP contribution in [0.1, 0.15) is 24.9 Å². The van der Waals surface area contributed by atoms with Crippen LogP contribution >= 0.6 is 11.6 Å². The van der Waals surface area contributed by atoms with E-state index in [4.69, 9.17) is 21.1 Å². The van der Waals surface area contributed by atoms with E-state index in [0.29, 0.717) is 11.7 Å². The average Bonchev–Trinajstić information content (AvgIpc) is 3.08. The number of halogens is 1. The highest BCUT2D eigenvalue weighted by Crippen LogP contribution is 2.49. The molecule has 0 bridgehead atoms. The summed E-state index contributed by atoms with van der Waals surface area (Å²) in [6.45, 7) is 2.27. The Hall–Kier alpha value is -0.930. The Morgan fingerprint density at radius 2 is 1.83 bits per heavy atom. The minimum atomic E-state index is 0.285. The summed E-state index contributed by atoms with van der Waals surface area (Å²) in [6, 6.07) is 4.09. The summed E-state index contributed by atoms with van der Waals surface area (Å²) in [6.07, 6.45) is 1.25. The van der Waals surface area contributed by atoms with Gasteiger partial charge in [0.25, 0.3) is 0 Å². The molecule has 100 valence electrons. The van der Waals surface area contributed by atoms with Crippen molar-refractivity contribution in [2.75, 3.05) is 21.3 Å². The quantitative estimate of drug-likeness (QED) is 0.890. The zero-order valence-corrected chi connectivity index (χ0v) is 12.0. The molecule has 0 heterocycles. The fourth-order valence-electron chi connectivity index (χ4n) is 2.52. The van der Waals surface area contributed by atoms with E-state index in [-0.39, 0.29) is 6.04 Å². The van der Waals surface area contributed by atoms with Crippen molar-refractivity contribution in [3.63, 3.8) is 0 Å². The molecule has 4 heteroatoms. The molecule has 0 saturated heterocycles. The number of ether oxygens (including phenoxy) is 2. The molecule has 3 atom stereocenters. The fourth-order valence-corrected chi connectivity index (χ4v) is 2.79. The van der Waals surface area contributed by atoms with Gasteiger partial charge in [-0.05, 0) is 36.9 Å². The zero-order valence-electron chi connectivity index (χ0n) is 11.3. The minimum Gasteiger partial charge on any atom is -0.493 e. The fraction of sp³-hybridized carbons (Fsp3) is 0.571. The Kier molecular flexibility index (Phi) is 4.03. The number of hydrogen-bond donors (Lipinski definition) is 1. The second kappa shape index (κ2) is 5.37. The van der Waals surface area contributed by atoms with E-state index < -0.39 is 0 Å². The summed E-state index contributed by atoms with van der Waals surface area (Å²) in [5, 5.41) is 4.09. The molecule has 2 rings (SSSR count). The van der Waals surface area contributed by atoms with Crippen LogP contribution in [0.4, 0.5) is 0 Å². The molecule has 0 amide bonds. The first kappa shape index (κ1) is 13.5. The normalized spacial score (nSPS) is 23.6. The molecule has 1 N–H and O–H groups in total. The first-order valence-electron chi connectivity index (χ1n) is 6.21. The van der Waals surface area contributed by atoms with Crippen molar-refractivity contribution in [1.82, 2.24) is 5.32 Å². The monoisotopic (exact) mass is 269 g/mol. The predicted molar refractivity (Wildman–Crippen MR) is 73.6 cm³/mol. The topological polar surface area (TPSA) is 30.5 Å². The van der Waals surface area contributed by atoms with E-state index in [1.54, 1.807) is 14.2 Å². The van der Waals surface area contributed by atoms with Gasteiger partial charge in [0.15, 0.2) is 11.5 Å². The van der Waals surface area contributed by atoms with E-state index in [1.165, 1.54) is 6.42 Å². The maximum atomic E-state index is 6.35. The average molecular weight is 270 g/mol. The highest BCUT2D eigenvalue weighted by atomic mass is 35.5. The number of nitrogens with one attached hydrogen (secondary N) is 1. The summed E-state index contributed by atoms with van der Waals surface area (Å²) >= 11 is 6.35.